The molecular formula is C14H19NO2. The average molecular weight is 233 g/mol. The van der Waals surface area contributed by atoms with Crippen LogP contribution < -0.4 is 4.74 Å². The van der Waals surface area contributed by atoms with E-state index in [1.54, 1.807) is 18.1 Å². The van der Waals surface area contributed by atoms with E-state index in [1.165, 1.54) is 0 Å². The lowest BCUT2D eigenvalue weighted by Gasteiger charge is -2.18. The number of hydrogen-bond donors (Lipinski definition) is 0. The predicted molar refractivity (Wildman–Crippen MR) is 69.1 cm³/mol. The van der Waals surface area contributed by atoms with Gasteiger partial charge < -0.3 is 9.64 Å². The minimum atomic E-state index is 0.123. The van der Waals surface area contributed by atoms with Crippen molar-refractivity contribution in [3.05, 3.63) is 42.5 Å². The number of likely N-dealkylation sites (N-methyl/N-ethyl adjacent to an activating group) is 1. The molecule has 0 saturated heterocycles. The molecule has 0 aliphatic heterocycles. The molecule has 0 atom stereocenters. The van der Waals surface area contributed by atoms with Gasteiger partial charge in [-0.1, -0.05) is 18.2 Å². The Bertz CT molecular complexity index is 370. The van der Waals surface area contributed by atoms with Crippen molar-refractivity contribution in [1.82, 2.24) is 4.90 Å². The van der Waals surface area contributed by atoms with Crippen molar-refractivity contribution in [2.24, 2.45) is 0 Å². The third-order valence-corrected chi connectivity index (χ3v) is 2.60. The molecule has 0 saturated carbocycles. The van der Waals surface area contributed by atoms with Crippen molar-refractivity contribution in [2.45, 2.75) is 13.3 Å². The molecule has 0 bridgehead atoms. The van der Waals surface area contributed by atoms with Gasteiger partial charge in [-0.15, -0.1) is 6.58 Å². The molecule has 0 radical (unpaired) electrons. The molecule has 0 fully saturated rings. The highest BCUT2D eigenvalue weighted by Gasteiger charge is 2.10. The standard InChI is InChI=1S/C14H19NO2/c1-4-10-15(5-2)14(16)11-12-6-8-13(17-3)9-7-12/h4,6-9H,1,5,10-11H2,2-3H3. The lowest BCUT2D eigenvalue weighted by atomic mass is 10.1. The molecule has 0 aliphatic rings. The molecule has 0 aliphatic carbocycles. The van der Waals surface area contributed by atoms with Gasteiger partial charge in [-0.25, -0.2) is 0 Å². The van der Waals surface area contributed by atoms with Crippen LogP contribution >= 0.6 is 0 Å². The van der Waals surface area contributed by atoms with Gasteiger partial charge in [0.2, 0.25) is 5.91 Å². The number of benzene rings is 1. The molecule has 0 N–H and O–H groups in total. The number of methoxy groups -OCH3 is 1. The molecule has 17 heavy (non-hydrogen) atoms. The van der Waals surface area contributed by atoms with Gasteiger partial charge in [0.1, 0.15) is 5.75 Å². The Hall–Kier alpha value is -1.77. The topological polar surface area (TPSA) is 29.5 Å². The van der Waals surface area contributed by atoms with Crippen molar-refractivity contribution in [3.8, 4) is 5.75 Å². The molecule has 3 heteroatoms. The summed E-state index contributed by atoms with van der Waals surface area (Å²) in [6, 6.07) is 7.57. The summed E-state index contributed by atoms with van der Waals surface area (Å²) in [5.74, 6) is 0.928. The van der Waals surface area contributed by atoms with Gasteiger partial charge >= 0.3 is 0 Å². The van der Waals surface area contributed by atoms with Crippen LogP contribution in [0.25, 0.3) is 0 Å². The van der Waals surface area contributed by atoms with Crippen LogP contribution in [0.4, 0.5) is 0 Å². The Balaban J connectivity index is 2.62. The molecule has 0 aromatic heterocycles. The smallest absolute Gasteiger partial charge is 0.227 e. The summed E-state index contributed by atoms with van der Waals surface area (Å²) in [6.07, 6.45) is 2.17. The normalized spacial score (nSPS) is 9.76. The highest BCUT2D eigenvalue weighted by molar-refractivity contribution is 5.78. The zero-order valence-electron chi connectivity index (χ0n) is 10.5. The summed E-state index contributed by atoms with van der Waals surface area (Å²) in [5, 5.41) is 0. The van der Waals surface area contributed by atoms with E-state index in [9.17, 15) is 4.79 Å². The number of carbonyl (C=O) groups excluding carboxylic acids is 1. The zero-order chi connectivity index (χ0) is 12.7. The molecule has 92 valence electrons. The van der Waals surface area contributed by atoms with Gasteiger partial charge in [0.15, 0.2) is 0 Å². The summed E-state index contributed by atoms with van der Waals surface area (Å²) in [6.45, 7) is 6.93. The highest BCUT2D eigenvalue weighted by atomic mass is 16.5. The Morgan fingerprint density at radius 3 is 2.53 bits per heavy atom. The summed E-state index contributed by atoms with van der Waals surface area (Å²) in [4.78, 5) is 13.7. The van der Waals surface area contributed by atoms with Gasteiger partial charge in [-0.2, -0.15) is 0 Å². The van der Waals surface area contributed by atoms with Crippen molar-refractivity contribution >= 4 is 5.91 Å². The Morgan fingerprint density at radius 1 is 1.41 bits per heavy atom. The van der Waals surface area contributed by atoms with Crippen LogP contribution in [0.5, 0.6) is 5.75 Å². The van der Waals surface area contributed by atoms with Gasteiger partial charge in [0, 0.05) is 13.1 Å². The zero-order valence-corrected chi connectivity index (χ0v) is 10.5. The van der Waals surface area contributed by atoms with Crippen molar-refractivity contribution in [1.29, 1.82) is 0 Å². The van der Waals surface area contributed by atoms with Crippen molar-refractivity contribution in [2.75, 3.05) is 20.2 Å². The van der Waals surface area contributed by atoms with E-state index in [0.717, 1.165) is 11.3 Å². The minimum Gasteiger partial charge on any atom is -0.497 e. The summed E-state index contributed by atoms with van der Waals surface area (Å²) in [7, 11) is 1.63. The second kappa shape index (κ2) is 6.74. The third-order valence-electron chi connectivity index (χ3n) is 2.60. The van der Waals surface area contributed by atoms with Gasteiger partial charge in [0.25, 0.3) is 0 Å². The van der Waals surface area contributed by atoms with Gasteiger partial charge in [-0.3, -0.25) is 4.79 Å². The molecule has 0 heterocycles. The second-order valence-electron chi connectivity index (χ2n) is 3.75. The van der Waals surface area contributed by atoms with E-state index in [1.807, 2.05) is 31.2 Å². The average Bonchev–Trinajstić information content (AvgIpc) is 2.36. The highest BCUT2D eigenvalue weighted by Crippen LogP contribution is 2.12. The number of hydrogen-bond acceptors (Lipinski definition) is 2. The van der Waals surface area contributed by atoms with Crippen LogP contribution in [0.1, 0.15) is 12.5 Å². The maximum atomic E-state index is 11.9. The van der Waals surface area contributed by atoms with Crippen LogP contribution in [0.15, 0.2) is 36.9 Å². The minimum absolute atomic E-state index is 0.123. The van der Waals surface area contributed by atoms with Crippen LogP contribution in [-0.2, 0) is 11.2 Å². The molecule has 3 nitrogen and oxygen atoms in total. The first kappa shape index (κ1) is 13.3. The number of amides is 1. The molecular weight excluding hydrogens is 214 g/mol. The van der Waals surface area contributed by atoms with E-state index in [4.69, 9.17) is 4.74 Å². The molecule has 1 aromatic rings. The van der Waals surface area contributed by atoms with Crippen LogP contribution in [0.2, 0.25) is 0 Å². The second-order valence-corrected chi connectivity index (χ2v) is 3.75. The van der Waals surface area contributed by atoms with Gasteiger partial charge in [0.05, 0.1) is 13.5 Å². The van der Waals surface area contributed by atoms with Crippen LogP contribution in [0.3, 0.4) is 0 Å². The third kappa shape index (κ3) is 3.94. The van der Waals surface area contributed by atoms with E-state index < -0.39 is 0 Å². The Kier molecular flexibility index (Phi) is 5.27. The fourth-order valence-corrected chi connectivity index (χ4v) is 1.59. The SMILES string of the molecule is C=CCN(CC)C(=O)Cc1ccc(OC)cc1. The maximum Gasteiger partial charge on any atom is 0.227 e. The first-order chi connectivity index (χ1) is 8.21. The first-order valence-corrected chi connectivity index (χ1v) is 5.72. The summed E-state index contributed by atoms with van der Waals surface area (Å²) >= 11 is 0. The number of rotatable bonds is 6. The summed E-state index contributed by atoms with van der Waals surface area (Å²) in [5.41, 5.74) is 0.998. The number of carbonyl (C=O) groups is 1. The predicted octanol–water partition coefficient (Wildman–Crippen LogP) is 2.27. The van der Waals surface area contributed by atoms with E-state index in [-0.39, 0.29) is 5.91 Å². The number of ether oxygens (including phenoxy) is 1. The molecule has 1 rings (SSSR count). The van der Waals surface area contributed by atoms with Crippen molar-refractivity contribution in [3.63, 3.8) is 0 Å². The van der Waals surface area contributed by atoms with Crippen LogP contribution in [0, 0.1) is 0 Å². The Labute approximate surface area is 103 Å². The lowest BCUT2D eigenvalue weighted by molar-refractivity contribution is -0.129. The van der Waals surface area contributed by atoms with E-state index >= 15 is 0 Å². The number of nitrogens with zero attached hydrogens (tertiary/aromatic N) is 1. The van der Waals surface area contributed by atoms with E-state index in [0.29, 0.717) is 19.5 Å². The molecule has 1 amide bonds. The van der Waals surface area contributed by atoms with Crippen molar-refractivity contribution < 1.29 is 9.53 Å². The fraction of sp³-hybridized carbons (Fsp3) is 0.357. The van der Waals surface area contributed by atoms with Crippen LogP contribution in [-0.4, -0.2) is 31.0 Å². The van der Waals surface area contributed by atoms with Gasteiger partial charge in [-0.05, 0) is 24.6 Å². The van der Waals surface area contributed by atoms with E-state index in [2.05, 4.69) is 6.58 Å². The molecule has 0 spiro atoms. The largest absolute Gasteiger partial charge is 0.497 e. The first-order valence-electron chi connectivity index (χ1n) is 5.72. The quantitative estimate of drug-likeness (QED) is 0.705. The molecule has 0 unspecified atom stereocenters. The maximum absolute atomic E-state index is 11.9. The summed E-state index contributed by atoms with van der Waals surface area (Å²) < 4.78 is 5.07. The monoisotopic (exact) mass is 233 g/mol. The lowest BCUT2D eigenvalue weighted by Crippen LogP contribution is -2.32. The fourth-order valence-electron chi connectivity index (χ4n) is 1.59. The Morgan fingerprint density at radius 2 is 2.06 bits per heavy atom. The molecule has 1 aromatic carbocycles.